The number of fused-ring (bicyclic) bond motifs is 3. The molecule has 6 nitrogen and oxygen atoms in total. The number of benzene rings is 2. The lowest BCUT2D eigenvalue weighted by Gasteiger charge is -2.39. The van der Waals surface area contributed by atoms with Crippen molar-refractivity contribution < 1.29 is 4.74 Å². The molecule has 39 heavy (non-hydrogen) atoms. The molecule has 4 heterocycles. The minimum Gasteiger partial charge on any atom is -0.457 e. The third-order valence-corrected chi connectivity index (χ3v) is 9.86. The van der Waals surface area contributed by atoms with Crippen LogP contribution in [0.3, 0.4) is 0 Å². The van der Waals surface area contributed by atoms with Crippen molar-refractivity contribution in [3.05, 3.63) is 67.1 Å². The zero-order valence-corrected chi connectivity index (χ0v) is 22.9. The van der Waals surface area contributed by atoms with E-state index in [0.717, 1.165) is 57.6 Å². The van der Waals surface area contributed by atoms with Crippen LogP contribution in [-0.2, 0) is 0 Å². The van der Waals surface area contributed by atoms with Crippen molar-refractivity contribution in [2.75, 3.05) is 12.8 Å². The van der Waals surface area contributed by atoms with Crippen molar-refractivity contribution in [1.29, 1.82) is 0 Å². The maximum absolute atomic E-state index is 6.44. The number of nitrogens with zero attached hydrogens (tertiary/aromatic N) is 4. The highest BCUT2D eigenvalue weighted by Gasteiger charge is 2.39. The van der Waals surface area contributed by atoms with Gasteiger partial charge in [0, 0.05) is 29.9 Å². The van der Waals surface area contributed by atoms with Gasteiger partial charge in [-0.25, -0.2) is 9.97 Å². The monoisotopic (exact) mass is 521 g/mol. The van der Waals surface area contributed by atoms with Crippen molar-refractivity contribution >= 4 is 16.9 Å². The van der Waals surface area contributed by atoms with Crippen LogP contribution in [0.4, 0.5) is 5.82 Å². The fourth-order valence-electron chi connectivity index (χ4n) is 7.78. The van der Waals surface area contributed by atoms with Crippen molar-refractivity contribution in [2.45, 2.75) is 75.9 Å². The van der Waals surface area contributed by atoms with E-state index in [1.165, 1.54) is 57.8 Å². The minimum atomic E-state index is 0.459. The number of nitrogen functional groups attached to an aromatic ring is 1. The van der Waals surface area contributed by atoms with Gasteiger partial charge in [0.25, 0.3) is 0 Å². The third-order valence-electron chi connectivity index (χ3n) is 9.86. The summed E-state index contributed by atoms with van der Waals surface area (Å²) in [4.78, 5) is 11.7. The van der Waals surface area contributed by atoms with E-state index >= 15 is 0 Å². The van der Waals surface area contributed by atoms with Gasteiger partial charge in [0.05, 0.1) is 5.39 Å². The highest BCUT2D eigenvalue weighted by atomic mass is 16.5. The largest absolute Gasteiger partial charge is 0.457 e. The minimum absolute atomic E-state index is 0.459. The van der Waals surface area contributed by atoms with E-state index in [0.29, 0.717) is 11.9 Å². The lowest BCUT2D eigenvalue weighted by atomic mass is 9.77. The van der Waals surface area contributed by atoms with Crippen LogP contribution in [0.25, 0.3) is 22.2 Å². The van der Waals surface area contributed by atoms with Crippen LogP contribution < -0.4 is 10.5 Å². The number of hydrogen-bond acceptors (Lipinski definition) is 5. The Morgan fingerprint density at radius 3 is 2.18 bits per heavy atom. The number of piperidine rings is 1. The fourth-order valence-corrected chi connectivity index (χ4v) is 7.78. The van der Waals surface area contributed by atoms with Crippen LogP contribution in [0.15, 0.2) is 67.1 Å². The Morgan fingerprint density at radius 1 is 0.795 bits per heavy atom. The van der Waals surface area contributed by atoms with Crippen LogP contribution >= 0.6 is 0 Å². The molecule has 0 radical (unpaired) electrons. The first-order valence-electron chi connectivity index (χ1n) is 14.8. The van der Waals surface area contributed by atoms with Crippen LogP contribution in [0.1, 0.15) is 63.8 Å². The van der Waals surface area contributed by atoms with Crippen LogP contribution in [0.5, 0.6) is 11.5 Å². The second-order valence-electron chi connectivity index (χ2n) is 12.1. The Bertz CT molecular complexity index is 1410. The number of hydrogen-bond donors (Lipinski definition) is 1. The van der Waals surface area contributed by atoms with E-state index in [-0.39, 0.29) is 0 Å². The summed E-state index contributed by atoms with van der Waals surface area (Å²) in [7, 11) is 2.35. The van der Waals surface area contributed by atoms with Gasteiger partial charge >= 0.3 is 0 Å². The molecule has 4 aromatic rings. The molecule has 0 amide bonds. The van der Waals surface area contributed by atoms with Crippen molar-refractivity contribution in [1.82, 2.24) is 19.4 Å². The molecule has 2 N–H and O–H groups in total. The summed E-state index contributed by atoms with van der Waals surface area (Å²) in [6, 6.07) is 20.3. The van der Waals surface area contributed by atoms with E-state index in [1.807, 2.05) is 42.5 Å². The number of para-hydroxylation sites is 1. The maximum Gasteiger partial charge on any atom is 0.146 e. The number of ether oxygens (including phenoxy) is 1. The van der Waals surface area contributed by atoms with E-state index in [4.69, 9.17) is 15.5 Å². The summed E-state index contributed by atoms with van der Waals surface area (Å²) in [5.74, 6) is 3.99. The van der Waals surface area contributed by atoms with Gasteiger partial charge < -0.3 is 19.9 Å². The predicted octanol–water partition coefficient (Wildman–Crippen LogP) is 7.47. The second kappa shape index (κ2) is 10.3. The third kappa shape index (κ3) is 4.80. The Labute approximate surface area is 231 Å². The molecule has 6 heteroatoms. The summed E-state index contributed by atoms with van der Waals surface area (Å²) in [5.41, 5.74) is 9.59. The summed E-state index contributed by atoms with van der Waals surface area (Å²) >= 11 is 0. The Hall–Kier alpha value is -3.38. The number of rotatable bonds is 6. The zero-order valence-electron chi connectivity index (χ0n) is 22.9. The zero-order chi connectivity index (χ0) is 26.3. The Morgan fingerprint density at radius 2 is 1.46 bits per heavy atom. The standard InChI is InChI=1S/C33H39N5O/c1-37-26-13-14-27(37)19-23(18-26)17-22-7-11-25(12-8-22)38-20-30(31-32(34)35-21-36-33(31)38)24-9-15-29(16-10-24)39-28-5-3-2-4-6-28/h2-6,9-10,15-16,20-23,25-27H,7-8,11-14,17-19H2,1H3,(H2,34,35,36). The Kier molecular flexibility index (Phi) is 6.51. The van der Waals surface area contributed by atoms with Gasteiger partial charge in [-0.15, -0.1) is 0 Å². The molecular formula is C33H39N5O. The average molecular weight is 522 g/mol. The van der Waals surface area contributed by atoms with Crippen molar-refractivity contribution in [3.63, 3.8) is 0 Å². The van der Waals surface area contributed by atoms with Crippen molar-refractivity contribution in [2.24, 2.45) is 11.8 Å². The maximum atomic E-state index is 6.44. The summed E-state index contributed by atoms with van der Waals surface area (Å²) < 4.78 is 8.40. The van der Waals surface area contributed by atoms with Gasteiger partial charge in [0.15, 0.2) is 0 Å². The highest BCUT2D eigenvalue weighted by molar-refractivity contribution is 6.00. The van der Waals surface area contributed by atoms with Crippen LogP contribution in [-0.4, -0.2) is 38.6 Å². The van der Waals surface area contributed by atoms with Crippen LogP contribution in [0, 0.1) is 11.8 Å². The molecule has 202 valence electrons. The molecule has 2 saturated heterocycles. The van der Waals surface area contributed by atoms with Gasteiger partial charge in [0.2, 0.25) is 0 Å². The van der Waals surface area contributed by atoms with Gasteiger partial charge in [-0.05, 0) is 106 Å². The van der Waals surface area contributed by atoms with Gasteiger partial charge in [0.1, 0.15) is 29.3 Å². The average Bonchev–Trinajstić information content (AvgIpc) is 3.43. The lowest BCUT2D eigenvalue weighted by Crippen LogP contribution is -2.40. The molecule has 2 bridgehead atoms. The molecule has 2 aromatic carbocycles. The SMILES string of the molecule is CN1C2CCC1CC(CC1CCC(n3cc(-c4ccc(Oc5ccccc5)cc4)c4c(N)ncnc43)CC1)C2. The van der Waals surface area contributed by atoms with Gasteiger partial charge in [-0.2, -0.15) is 0 Å². The van der Waals surface area contributed by atoms with E-state index in [1.54, 1.807) is 6.33 Å². The van der Waals surface area contributed by atoms with E-state index < -0.39 is 0 Å². The number of nitrogens with two attached hydrogens (primary N) is 1. The lowest BCUT2D eigenvalue weighted by molar-refractivity contribution is 0.111. The first kappa shape index (κ1) is 24.6. The van der Waals surface area contributed by atoms with E-state index in [2.05, 4.69) is 39.8 Å². The fraction of sp³-hybridized carbons (Fsp3) is 0.455. The normalized spacial score (nSPS) is 27.2. The summed E-state index contributed by atoms with van der Waals surface area (Å²) in [5, 5.41) is 0.957. The Balaban J connectivity index is 1.07. The van der Waals surface area contributed by atoms with E-state index in [9.17, 15) is 0 Å². The topological polar surface area (TPSA) is 69.2 Å². The highest BCUT2D eigenvalue weighted by Crippen LogP contribution is 2.44. The summed E-state index contributed by atoms with van der Waals surface area (Å²) in [6.45, 7) is 0. The number of anilines is 1. The molecule has 2 unspecified atom stereocenters. The molecule has 1 saturated carbocycles. The molecule has 1 aliphatic carbocycles. The number of aromatic nitrogens is 3. The quantitative estimate of drug-likeness (QED) is 0.285. The van der Waals surface area contributed by atoms with Crippen molar-refractivity contribution in [3.8, 4) is 22.6 Å². The molecule has 2 aliphatic heterocycles. The predicted molar refractivity (Wildman–Crippen MR) is 157 cm³/mol. The second-order valence-corrected chi connectivity index (χ2v) is 12.1. The summed E-state index contributed by atoms with van der Waals surface area (Å²) in [6.07, 6.45) is 16.0. The van der Waals surface area contributed by atoms with Gasteiger partial charge in [-0.1, -0.05) is 30.3 Å². The molecule has 3 fully saturated rings. The van der Waals surface area contributed by atoms with Crippen LogP contribution in [0.2, 0.25) is 0 Å². The molecule has 7 rings (SSSR count). The first-order chi connectivity index (χ1) is 19.1. The molecular weight excluding hydrogens is 482 g/mol. The molecule has 2 aromatic heterocycles. The smallest absolute Gasteiger partial charge is 0.146 e. The first-order valence-corrected chi connectivity index (χ1v) is 14.8. The molecule has 0 spiro atoms. The molecule has 3 aliphatic rings. The van der Waals surface area contributed by atoms with Gasteiger partial charge in [-0.3, -0.25) is 0 Å². The molecule has 2 atom stereocenters.